The Hall–Kier alpha value is -2.10. The van der Waals surface area contributed by atoms with Crippen molar-refractivity contribution in [2.45, 2.75) is 22.2 Å². The first-order valence-electron chi connectivity index (χ1n) is 7.47. The van der Waals surface area contributed by atoms with Crippen molar-refractivity contribution in [1.82, 2.24) is 4.98 Å². The topological polar surface area (TPSA) is 59.1 Å². The van der Waals surface area contributed by atoms with Crippen molar-refractivity contribution in [3.8, 4) is 0 Å². The second kappa shape index (κ2) is 7.49. The zero-order chi connectivity index (χ0) is 19.8. The van der Waals surface area contributed by atoms with E-state index in [2.05, 4.69) is 16.5 Å². The van der Waals surface area contributed by atoms with Crippen LogP contribution in [0.25, 0.3) is 0 Å². The van der Waals surface area contributed by atoms with Gasteiger partial charge in [0.05, 0.1) is 16.8 Å². The van der Waals surface area contributed by atoms with Crippen LogP contribution >= 0.6 is 22.9 Å². The molecule has 1 atom stereocenters. The first-order valence-corrected chi connectivity index (χ1v) is 10.2. The summed E-state index contributed by atoms with van der Waals surface area (Å²) in [4.78, 5) is 2.93. The fourth-order valence-electron chi connectivity index (χ4n) is 2.40. The summed E-state index contributed by atoms with van der Waals surface area (Å²) in [5.41, 5.74) is 0.0523. The van der Waals surface area contributed by atoms with Gasteiger partial charge in [-0.2, -0.15) is 0 Å². The molecule has 1 N–H and O–H groups in total. The Morgan fingerprint density at radius 3 is 2.59 bits per heavy atom. The predicted molar refractivity (Wildman–Crippen MR) is 96.2 cm³/mol. The summed E-state index contributed by atoms with van der Waals surface area (Å²) in [6.07, 6.45) is 2.36. The number of nitrogens with zero attached hydrogens (tertiary/aromatic N) is 1. The zero-order valence-corrected chi connectivity index (χ0v) is 16.0. The normalized spacial score (nSPS) is 12.8. The maximum absolute atomic E-state index is 14.5. The van der Waals surface area contributed by atoms with Crippen LogP contribution in [-0.2, 0) is 9.84 Å². The van der Waals surface area contributed by atoms with E-state index < -0.39 is 38.2 Å². The lowest BCUT2D eigenvalue weighted by molar-refractivity contribution is 0.566. The van der Waals surface area contributed by atoms with E-state index in [9.17, 15) is 21.6 Å². The van der Waals surface area contributed by atoms with Crippen LogP contribution in [0.2, 0.25) is 5.02 Å². The van der Waals surface area contributed by atoms with Crippen molar-refractivity contribution < 1.29 is 21.6 Å². The molecule has 0 bridgehead atoms. The molecule has 1 heterocycles. The summed E-state index contributed by atoms with van der Waals surface area (Å²) >= 11 is 6.88. The van der Waals surface area contributed by atoms with Gasteiger partial charge in [-0.1, -0.05) is 11.6 Å². The van der Waals surface area contributed by atoms with Crippen molar-refractivity contribution >= 4 is 38.5 Å². The fraction of sp³-hybridized carbons (Fsp3) is 0.118. The molecule has 0 aliphatic heterocycles. The second-order valence-corrected chi connectivity index (χ2v) is 8.90. The largest absolute Gasteiger partial charge is 0.377 e. The Morgan fingerprint density at radius 2 is 1.93 bits per heavy atom. The zero-order valence-electron chi connectivity index (χ0n) is 13.6. The molecule has 3 rings (SSSR count). The van der Waals surface area contributed by atoms with Gasteiger partial charge in [0.1, 0.15) is 28.5 Å². The van der Waals surface area contributed by atoms with Gasteiger partial charge in [-0.25, -0.2) is 26.6 Å². The van der Waals surface area contributed by atoms with Gasteiger partial charge in [0.25, 0.3) is 0 Å². The smallest absolute Gasteiger partial charge is 0.236 e. The Labute approximate surface area is 162 Å². The van der Waals surface area contributed by atoms with Crippen molar-refractivity contribution in [3.63, 3.8) is 0 Å². The summed E-state index contributed by atoms with van der Waals surface area (Å²) < 4.78 is 66.2. The quantitative estimate of drug-likeness (QED) is 0.616. The summed E-state index contributed by atoms with van der Waals surface area (Å²) in [6, 6.07) is 4.05. The number of aromatic nitrogens is 1. The molecule has 1 radical (unpaired) electrons. The van der Waals surface area contributed by atoms with Crippen LogP contribution in [-0.4, -0.2) is 13.4 Å². The minimum atomic E-state index is -4.18. The molecule has 0 unspecified atom stereocenters. The lowest BCUT2D eigenvalue weighted by atomic mass is 10.1. The number of thiazole rings is 1. The molecule has 0 fully saturated rings. The van der Waals surface area contributed by atoms with E-state index in [4.69, 9.17) is 11.6 Å². The number of sulfone groups is 1. The number of benzene rings is 2. The van der Waals surface area contributed by atoms with Crippen LogP contribution in [0, 0.1) is 23.6 Å². The third-order valence-electron chi connectivity index (χ3n) is 3.71. The van der Waals surface area contributed by atoms with E-state index >= 15 is 0 Å². The van der Waals surface area contributed by atoms with Crippen LogP contribution in [0.4, 0.5) is 18.9 Å². The molecule has 0 aliphatic carbocycles. The van der Waals surface area contributed by atoms with Gasteiger partial charge >= 0.3 is 0 Å². The van der Waals surface area contributed by atoms with E-state index in [1.54, 1.807) is 0 Å². The van der Waals surface area contributed by atoms with E-state index in [0.29, 0.717) is 0 Å². The minimum Gasteiger partial charge on any atom is -0.377 e. The lowest BCUT2D eigenvalue weighted by Gasteiger charge is -2.18. The molecule has 4 nitrogen and oxygen atoms in total. The van der Waals surface area contributed by atoms with Crippen molar-refractivity contribution in [1.29, 1.82) is 0 Å². The first kappa shape index (κ1) is 19.7. The molecule has 10 heteroatoms. The van der Waals surface area contributed by atoms with Crippen LogP contribution in [0.15, 0.2) is 44.9 Å². The summed E-state index contributed by atoms with van der Waals surface area (Å²) in [7, 11) is -4.18. The Kier molecular flexibility index (Phi) is 5.45. The molecular weight excluding hydrogens is 421 g/mol. The average Bonchev–Trinajstić information content (AvgIpc) is 3.15. The predicted octanol–water partition coefficient (Wildman–Crippen LogP) is 5.02. The Bertz CT molecular complexity index is 1090. The van der Waals surface area contributed by atoms with Gasteiger partial charge in [0, 0.05) is 10.9 Å². The maximum atomic E-state index is 14.5. The van der Waals surface area contributed by atoms with Crippen LogP contribution in [0.1, 0.15) is 18.5 Å². The molecule has 0 saturated heterocycles. The number of halogens is 4. The molecular formula is C17H11ClF3N2O2S2. The molecule has 1 aromatic heterocycles. The number of nitrogens with one attached hydrogen (secondary N) is 1. The third-order valence-corrected chi connectivity index (χ3v) is 6.92. The van der Waals surface area contributed by atoms with Crippen LogP contribution in [0.3, 0.4) is 0 Å². The SMILES string of the molecule is C[C@H](Nc1cc(F)c(S(=O)(=O)c2n[c]cs2)cc1Cl)c1cc(F)ccc1F. The summed E-state index contributed by atoms with van der Waals surface area (Å²) in [6.45, 7) is 1.53. The van der Waals surface area contributed by atoms with E-state index in [-0.39, 0.29) is 20.6 Å². The van der Waals surface area contributed by atoms with Crippen molar-refractivity contribution in [2.24, 2.45) is 0 Å². The highest BCUT2D eigenvalue weighted by atomic mass is 35.5. The fourth-order valence-corrected chi connectivity index (χ4v) is 4.87. The van der Waals surface area contributed by atoms with Crippen LogP contribution in [0.5, 0.6) is 0 Å². The molecule has 0 saturated carbocycles. The van der Waals surface area contributed by atoms with Gasteiger partial charge in [-0.15, -0.1) is 11.3 Å². The Morgan fingerprint density at radius 1 is 1.19 bits per heavy atom. The van der Waals surface area contributed by atoms with E-state index in [1.807, 2.05) is 0 Å². The molecule has 27 heavy (non-hydrogen) atoms. The van der Waals surface area contributed by atoms with Gasteiger partial charge < -0.3 is 5.32 Å². The number of hydrogen-bond donors (Lipinski definition) is 1. The van der Waals surface area contributed by atoms with Crippen molar-refractivity contribution in [2.75, 3.05) is 5.32 Å². The minimum absolute atomic E-state index is 0.0153. The molecule has 2 aromatic carbocycles. The van der Waals surface area contributed by atoms with Gasteiger partial charge in [0.15, 0.2) is 0 Å². The third kappa shape index (κ3) is 3.95. The van der Waals surface area contributed by atoms with Crippen molar-refractivity contribution in [3.05, 3.63) is 69.9 Å². The van der Waals surface area contributed by atoms with Gasteiger partial charge in [-0.3, -0.25) is 0 Å². The second-order valence-electron chi connectivity index (χ2n) is 5.54. The average molecular weight is 432 g/mol. The lowest BCUT2D eigenvalue weighted by Crippen LogP contribution is -2.11. The van der Waals surface area contributed by atoms with Crippen LogP contribution < -0.4 is 5.32 Å². The Balaban J connectivity index is 1.95. The summed E-state index contributed by atoms with van der Waals surface area (Å²) in [5, 5.41) is 3.99. The molecule has 0 aliphatic rings. The molecule has 0 spiro atoms. The maximum Gasteiger partial charge on any atom is 0.236 e. The molecule has 0 amide bonds. The number of rotatable bonds is 5. The highest BCUT2D eigenvalue weighted by Crippen LogP contribution is 2.34. The first-order chi connectivity index (χ1) is 12.7. The number of anilines is 1. The highest BCUT2D eigenvalue weighted by molar-refractivity contribution is 7.93. The van der Waals surface area contributed by atoms with E-state index in [0.717, 1.165) is 41.7 Å². The molecule has 3 aromatic rings. The van der Waals surface area contributed by atoms with Gasteiger partial charge in [0.2, 0.25) is 14.2 Å². The molecule has 141 valence electrons. The standard InChI is InChI=1S/C17H11ClF3N2O2S2/c1-9(11-6-10(19)2-3-13(11)20)23-15-8-14(21)16(7-12(15)18)27(24,25)17-22-4-5-26-17/h2-3,5-9,23H,1H3/t9-/m0/s1. The summed E-state index contributed by atoms with van der Waals surface area (Å²) in [5.74, 6) is -2.32. The highest BCUT2D eigenvalue weighted by Gasteiger charge is 2.26. The van der Waals surface area contributed by atoms with E-state index in [1.165, 1.54) is 12.3 Å². The monoisotopic (exact) mass is 431 g/mol. The number of hydrogen-bond acceptors (Lipinski definition) is 5. The van der Waals surface area contributed by atoms with Gasteiger partial charge in [-0.05, 0) is 37.3 Å².